The first-order valence-electron chi connectivity index (χ1n) is 8.94. The number of rotatable bonds is 3. The van der Waals surface area contributed by atoms with Gasteiger partial charge in [0.25, 0.3) is 5.91 Å². The SMILES string of the molecule is Cc1ccccc1-c1nc2cc(NC(=O)c3cc4ccccc4o3)ccc2o1. The van der Waals surface area contributed by atoms with E-state index in [9.17, 15) is 4.79 Å². The molecule has 0 aliphatic heterocycles. The average Bonchev–Trinajstić information content (AvgIpc) is 3.32. The van der Waals surface area contributed by atoms with Crippen LogP contribution in [0.2, 0.25) is 0 Å². The third-order valence-corrected chi connectivity index (χ3v) is 4.67. The first-order chi connectivity index (χ1) is 13.7. The number of carbonyl (C=O) groups is 1. The summed E-state index contributed by atoms with van der Waals surface area (Å²) in [5.74, 6) is 0.522. The number of nitrogens with zero attached hydrogens (tertiary/aromatic N) is 1. The van der Waals surface area contributed by atoms with E-state index >= 15 is 0 Å². The molecular weight excluding hydrogens is 352 g/mol. The van der Waals surface area contributed by atoms with Crippen LogP contribution in [0.15, 0.2) is 81.6 Å². The molecule has 0 bridgehead atoms. The van der Waals surface area contributed by atoms with Crippen LogP contribution in [0.5, 0.6) is 0 Å². The Hall–Kier alpha value is -3.86. The van der Waals surface area contributed by atoms with Gasteiger partial charge in [-0.05, 0) is 48.9 Å². The van der Waals surface area contributed by atoms with Crippen molar-refractivity contribution in [1.29, 1.82) is 0 Å². The van der Waals surface area contributed by atoms with Crippen molar-refractivity contribution in [2.45, 2.75) is 6.92 Å². The molecule has 0 radical (unpaired) electrons. The summed E-state index contributed by atoms with van der Waals surface area (Å²) < 4.78 is 11.5. The summed E-state index contributed by atoms with van der Waals surface area (Å²) >= 11 is 0. The average molecular weight is 368 g/mol. The first kappa shape index (κ1) is 16.3. The molecule has 136 valence electrons. The predicted molar refractivity (Wildman–Crippen MR) is 108 cm³/mol. The standard InChI is InChI=1S/C23H16N2O3/c1-14-6-2-4-8-17(14)23-25-18-13-16(10-11-20(18)28-23)24-22(26)21-12-15-7-3-5-9-19(15)27-21/h2-13H,1H3,(H,24,26). The highest BCUT2D eigenvalue weighted by molar-refractivity contribution is 6.05. The maximum Gasteiger partial charge on any atom is 0.291 e. The number of para-hydroxylation sites is 1. The molecule has 0 spiro atoms. The summed E-state index contributed by atoms with van der Waals surface area (Å²) in [6.07, 6.45) is 0. The van der Waals surface area contributed by atoms with Gasteiger partial charge >= 0.3 is 0 Å². The van der Waals surface area contributed by atoms with Crippen LogP contribution in [0, 0.1) is 6.92 Å². The minimum absolute atomic E-state index is 0.266. The van der Waals surface area contributed by atoms with E-state index in [0.29, 0.717) is 28.3 Å². The molecule has 3 aromatic carbocycles. The molecule has 0 saturated heterocycles. The normalized spacial score (nSPS) is 11.2. The van der Waals surface area contributed by atoms with Gasteiger partial charge in [-0.2, -0.15) is 0 Å². The van der Waals surface area contributed by atoms with Crippen molar-refractivity contribution in [2.75, 3.05) is 5.32 Å². The second-order valence-electron chi connectivity index (χ2n) is 6.62. The Balaban J connectivity index is 1.44. The number of furan rings is 1. The molecule has 1 amide bonds. The number of oxazole rings is 1. The summed E-state index contributed by atoms with van der Waals surface area (Å²) in [6, 6.07) is 22.6. The third-order valence-electron chi connectivity index (χ3n) is 4.67. The Morgan fingerprint density at radius 3 is 2.57 bits per heavy atom. The van der Waals surface area contributed by atoms with Gasteiger partial charge in [-0.15, -0.1) is 0 Å². The van der Waals surface area contributed by atoms with Crippen molar-refractivity contribution < 1.29 is 13.6 Å². The molecule has 5 rings (SSSR count). The zero-order valence-corrected chi connectivity index (χ0v) is 15.1. The number of aryl methyl sites for hydroxylation is 1. The van der Waals surface area contributed by atoms with Crippen molar-refractivity contribution in [1.82, 2.24) is 4.98 Å². The van der Waals surface area contributed by atoms with Crippen LogP contribution in [-0.4, -0.2) is 10.9 Å². The van der Waals surface area contributed by atoms with Crippen LogP contribution in [0.1, 0.15) is 16.1 Å². The Morgan fingerprint density at radius 2 is 1.71 bits per heavy atom. The van der Waals surface area contributed by atoms with Crippen molar-refractivity contribution in [3.63, 3.8) is 0 Å². The van der Waals surface area contributed by atoms with E-state index < -0.39 is 0 Å². The highest BCUT2D eigenvalue weighted by Gasteiger charge is 2.14. The van der Waals surface area contributed by atoms with E-state index in [2.05, 4.69) is 10.3 Å². The molecule has 2 heterocycles. The molecule has 0 fully saturated rings. The summed E-state index contributed by atoms with van der Waals surface area (Å²) in [6.45, 7) is 2.02. The number of hydrogen-bond acceptors (Lipinski definition) is 4. The molecular formula is C23H16N2O3. The van der Waals surface area contributed by atoms with Gasteiger partial charge in [-0.3, -0.25) is 4.79 Å². The second-order valence-corrected chi connectivity index (χ2v) is 6.62. The van der Waals surface area contributed by atoms with Crippen LogP contribution < -0.4 is 5.32 Å². The van der Waals surface area contributed by atoms with Crippen molar-refractivity contribution >= 4 is 33.7 Å². The first-order valence-corrected chi connectivity index (χ1v) is 8.94. The monoisotopic (exact) mass is 368 g/mol. The fourth-order valence-electron chi connectivity index (χ4n) is 3.22. The fraction of sp³-hybridized carbons (Fsp3) is 0.0435. The van der Waals surface area contributed by atoms with Crippen molar-refractivity contribution in [3.05, 3.63) is 84.1 Å². The zero-order chi connectivity index (χ0) is 19.1. The summed E-state index contributed by atoms with van der Waals surface area (Å²) in [7, 11) is 0. The van der Waals surface area contributed by atoms with E-state index in [0.717, 1.165) is 16.5 Å². The molecule has 0 saturated carbocycles. The number of benzene rings is 3. The molecule has 1 N–H and O–H groups in total. The number of aromatic nitrogens is 1. The number of nitrogens with one attached hydrogen (secondary N) is 1. The van der Waals surface area contributed by atoms with Crippen LogP contribution in [0.25, 0.3) is 33.5 Å². The van der Waals surface area contributed by atoms with Crippen LogP contribution >= 0.6 is 0 Å². The minimum atomic E-state index is -0.307. The van der Waals surface area contributed by atoms with Crippen LogP contribution in [-0.2, 0) is 0 Å². The zero-order valence-electron chi connectivity index (χ0n) is 15.1. The fourth-order valence-corrected chi connectivity index (χ4v) is 3.22. The number of amides is 1. The van der Waals surface area contributed by atoms with E-state index in [1.165, 1.54) is 0 Å². The highest BCUT2D eigenvalue weighted by atomic mass is 16.4. The second kappa shape index (κ2) is 6.39. The lowest BCUT2D eigenvalue weighted by atomic mass is 10.1. The molecule has 28 heavy (non-hydrogen) atoms. The largest absolute Gasteiger partial charge is 0.451 e. The Morgan fingerprint density at radius 1 is 0.893 bits per heavy atom. The smallest absolute Gasteiger partial charge is 0.291 e. The van der Waals surface area contributed by atoms with Gasteiger partial charge in [0.05, 0.1) is 0 Å². The molecule has 0 aliphatic carbocycles. The third kappa shape index (κ3) is 2.83. The Bertz CT molecular complexity index is 1300. The summed E-state index contributed by atoms with van der Waals surface area (Å²) in [5.41, 5.74) is 4.70. The topological polar surface area (TPSA) is 68.3 Å². The number of fused-ring (bicyclic) bond motifs is 2. The Labute approximate surface area is 160 Å². The van der Waals surface area contributed by atoms with Crippen molar-refractivity contribution in [3.8, 4) is 11.5 Å². The molecule has 2 aromatic heterocycles. The molecule has 0 atom stereocenters. The van der Waals surface area contributed by atoms with Gasteiger partial charge < -0.3 is 14.2 Å². The molecule has 5 aromatic rings. The minimum Gasteiger partial charge on any atom is -0.451 e. The van der Waals surface area contributed by atoms with Gasteiger partial charge in [-0.25, -0.2) is 4.98 Å². The number of anilines is 1. The van der Waals surface area contributed by atoms with Crippen LogP contribution in [0.3, 0.4) is 0 Å². The van der Waals surface area contributed by atoms with Gasteiger partial charge in [0.15, 0.2) is 11.3 Å². The lowest BCUT2D eigenvalue weighted by Gasteiger charge is -2.02. The van der Waals surface area contributed by atoms with E-state index in [1.54, 1.807) is 24.3 Å². The predicted octanol–water partition coefficient (Wildman–Crippen LogP) is 5.80. The summed E-state index contributed by atoms with van der Waals surface area (Å²) in [5, 5.41) is 3.75. The number of hydrogen-bond donors (Lipinski definition) is 1. The lowest BCUT2D eigenvalue weighted by molar-refractivity contribution is 0.0998. The maximum absolute atomic E-state index is 12.5. The lowest BCUT2D eigenvalue weighted by Crippen LogP contribution is -2.10. The quantitative estimate of drug-likeness (QED) is 0.437. The number of carbonyl (C=O) groups excluding carboxylic acids is 1. The van der Waals surface area contributed by atoms with Gasteiger partial charge in [-0.1, -0.05) is 36.4 Å². The highest BCUT2D eigenvalue weighted by Crippen LogP contribution is 2.28. The van der Waals surface area contributed by atoms with E-state index in [1.807, 2.05) is 55.5 Å². The summed E-state index contributed by atoms with van der Waals surface area (Å²) in [4.78, 5) is 17.1. The molecule has 5 nitrogen and oxygen atoms in total. The molecule has 0 aliphatic rings. The van der Waals surface area contributed by atoms with Gasteiger partial charge in [0, 0.05) is 16.6 Å². The molecule has 5 heteroatoms. The maximum atomic E-state index is 12.5. The van der Waals surface area contributed by atoms with Crippen LogP contribution in [0.4, 0.5) is 5.69 Å². The molecule has 0 unspecified atom stereocenters. The van der Waals surface area contributed by atoms with E-state index in [4.69, 9.17) is 8.83 Å². The van der Waals surface area contributed by atoms with E-state index in [-0.39, 0.29) is 11.7 Å². The van der Waals surface area contributed by atoms with Crippen molar-refractivity contribution in [2.24, 2.45) is 0 Å². The Kier molecular flexibility index (Phi) is 3.72. The van der Waals surface area contributed by atoms with Gasteiger partial charge in [0.2, 0.25) is 5.89 Å². The van der Waals surface area contributed by atoms with Gasteiger partial charge in [0.1, 0.15) is 11.1 Å².